The number of rotatable bonds is 0. The molecule has 46 valence electrons. The third-order valence-electron chi connectivity index (χ3n) is 0. The van der Waals surface area contributed by atoms with Crippen LogP contribution in [0.3, 0.4) is 0 Å². The Hall–Kier alpha value is -0.850. The summed E-state index contributed by atoms with van der Waals surface area (Å²) in [5.74, 6) is 8.00. The van der Waals surface area contributed by atoms with Gasteiger partial charge in [0.1, 0.15) is 0 Å². The van der Waals surface area contributed by atoms with Crippen molar-refractivity contribution in [1.29, 1.82) is 0 Å². The molecule has 0 radical (unpaired) electrons. The van der Waals surface area contributed by atoms with Gasteiger partial charge < -0.3 is 15.7 Å². The molecular formula is CH8N2O4. The highest BCUT2D eigenvalue weighted by Gasteiger charge is 1.70. The van der Waals surface area contributed by atoms with E-state index in [0.29, 0.717) is 0 Å². The fourth-order valence-electron chi connectivity index (χ4n) is 0. The van der Waals surface area contributed by atoms with Gasteiger partial charge in [0.05, 0.1) is 0 Å². The van der Waals surface area contributed by atoms with Gasteiger partial charge in [0.25, 0.3) is 0 Å². The number of hydrazine groups is 1. The van der Waals surface area contributed by atoms with Gasteiger partial charge in [0.2, 0.25) is 0 Å². The molecule has 8 N–H and O–H groups in total. The molecule has 6 nitrogen and oxygen atoms in total. The highest BCUT2D eigenvalue weighted by molar-refractivity contribution is 5.53. The molecule has 0 bridgehead atoms. The van der Waals surface area contributed by atoms with Gasteiger partial charge in [-0.15, -0.1) is 0 Å². The first kappa shape index (κ1) is 16.4. The van der Waals surface area contributed by atoms with Gasteiger partial charge in [-0.3, -0.25) is 11.7 Å². The largest absolute Gasteiger partial charge is 0.503 e. The third-order valence-corrected chi connectivity index (χ3v) is 0. The Morgan fingerprint density at radius 3 is 1.29 bits per heavy atom. The standard InChI is InChI=1S/CH2O3.H4N2.H2O/c2-1(3)4;1-2;/h(H2,2,3,4);1-2H2;1H2. The van der Waals surface area contributed by atoms with Crippen LogP contribution in [0, 0.1) is 0 Å². The topological polar surface area (TPSA) is 141 Å². The summed E-state index contributed by atoms with van der Waals surface area (Å²) in [6.45, 7) is 0. The Bertz CT molecular complexity index is 32.7. The summed E-state index contributed by atoms with van der Waals surface area (Å²) in [6, 6.07) is 0. The lowest BCUT2D eigenvalue weighted by molar-refractivity contribution is 0.137. The lowest BCUT2D eigenvalue weighted by atomic mass is 11.5. The summed E-state index contributed by atoms with van der Waals surface area (Å²) in [4.78, 5) is 8.56. The Kier molecular flexibility index (Phi) is 45.1. The first-order chi connectivity index (χ1) is 2.73. The van der Waals surface area contributed by atoms with Crippen LogP contribution in [-0.4, -0.2) is 21.8 Å². The molecule has 0 atom stereocenters. The Morgan fingerprint density at radius 1 is 1.29 bits per heavy atom. The molecule has 0 saturated heterocycles. The summed E-state index contributed by atoms with van der Waals surface area (Å²) in [5, 5.41) is 13.9. The molecule has 0 aliphatic heterocycles. The number of carbonyl (C=O) groups is 1. The zero-order valence-electron chi connectivity index (χ0n) is 3.46. The quantitative estimate of drug-likeness (QED) is 0.216. The minimum absolute atomic E-state index is 0. The van der Waals surface area contributed by atoms with Crippen molar-refractivity contribution in [3.8, 4) is 0 Å². The second-order valence-corrected chi connectivity index (χ2v) is 0.283. The van der Waals surface area contributed by atoms with Gasteiger partial charge in [-0.25, -0.2) is 4.79 Å². The van der Waals surface area contributed by atoms with E-state index in [2.05, 4.69) is 11.7 Å². The van der Waals surface area contributed by atoms with Gasteiger partial charge >= 0.3 is 6.16 Å². The van der Waals surface area contributed by atoms with Crippen molar-refractivity contribution in [2.45, 2.75) is 0 Å². The van der Waals surface area contributed by atoms with Gasteiger partial charge in [-0.2, -0.15) is 0 Å². The van der Waals surface area contributed by atoms with Crippen LogP contribution in [0.5, 0.6) is 0 Å². The van der Waals surface area contributed by atoms with Gasteiger partial charge in [0, 0.05) is 0 Å². The summed E-state index contributed by atoms with van der Waals surface area (Å²) >= 11 is 0. The zero-order valence-corrected chi connectivity index (χ0v) is 3.46. The van der Waals surface area contributed by atoms with E-state index in [0.717, 1.165) is 0 Å². The van der Waals surface area contributed by atoms with Crippen LogP contribution in [0.1, 0.15) is 0 Å². The molecule has 0 saturated carbocycles. The van der Waals surface area contributed by atoms with E-state index < -0.39 is 6.16 Å². The molecule has 0 aromatic heterocycles. The van der Waals surface area contributed by atoms with Crippen molar-refractivity contribution in [3.05, 3.63) is 0 Å². The van der Waals surface area contributed by atoms with Crippen LogP contribution in [0.4, 0.5) is 4.79 Å². The highest BCUT2D eigenvalue weighted by Crippen LogP contribution is 1.42. The monoisotopic (exact) mass is 112 g/mol. The Balaban J connectivity index is -0.0000000480. The summed E-state index contributed by atoms with van der Waals surface area (Å²) in [7, 11) is 0. The van der Waals surface area contributed by atoms with Crippen LogP contribution >= 0.6 is 0 Å². The lowest BCUT2D eigenvalue weighted by Gasteiger charge is -1.60. The highest BCUT2D eigenvalue weighted by atomic mass is 16.6. The molecule has 0 fully saturated rings. The average Bonchev–Trinajstić information content (AvgIpc) is 1.41. The van der Waals surface area contributed by atoms with Crippen molar-refractivity contribution >= 4 is 6.16 Å². The maximum absolute atomic E-state index is 8.56. The van der Waals surface area contributed by atoms with Crippen LogP contribution < -0.4 is 11.7 Å². The average molecular weight is 112 g/mol. The van der Waals surface area contributed by atoms with E-state index in [1.165, 1.54) is 0 Å². The Morgan fingerprint density at radius 2 is 1.29 bits per heavy atom. The predicted octanol–water partition coefficient (Wildman–Crippen LogP) is -1.78. The van der Waals surface area contributed by atoms with Gasteiger partial charge in [0.15, 0.2) is 0 Å². The molecule has 0 unspecified atom stereocenters. The molecule has 0 aromatic carbocycles. The van der Waals surface area contributed by atoms with E-state index in [-0.39, 0.29) is 5.48 Å². The number of hydrogen-bond acceptors (Lipinski definition) is 3. The van der Waals surface area contributed by atoms with Gasteiger partial charge in [-0.1, -0.05) is 0 Å². The summed E-state index contributed by atoms with van der Waals surface area (Å²) in [5.41, 5.74) is 0. The maximum atomic E-state index is 8.56. The van der Waals surface area contributed by atoms with E-state index in [1.54, 1.807) is 0 Å². The van der Waals surface area contributed by atoms with Crippen molar-refractivity contribution in [1.82, 2.24) is 0 Å². The molecule has 0 spiro atoms. The molecule has 6 heteroatoms. The number of hydrogen-bond donors (Lipinski definition) is 4. The molecule has 0 aliphatic carbocycles. The summed E-state index contributed by atoms with van der Waals surface area (Å²) < 4.78 is 0. The minimum Gasteiger partial charge on any atom is -0.450 e. The van der Waals surface area contributed by atoms with Crippen LogP contribution in [0.2, 0.25) is 0 Å². The second kappa shape index (κ2) is 19.2. The molecule has 0 aliphatic rings. The first-order valence-corrected chi connectivity index (χ1v) is 0.985. The van der Waals surface area contributed by atoms with Crippen molar-refractivity contribution in [2.75, 3.05) is 0 Å². The maximum Gasteiger partial charge on any atom is 0.503 e. The smallest absolute Gasteiger partial charge is 0.450 e. The predicted molar refractivity (Wildman–Crippen MR) is 22.6 cm³/mol. The second-order valence-electron chi connectivity index (χ2n) is 0.283. The van der Waals surface area contributed by atoms with Crippen molar-refractivity contribution < 1.29 is 20.5 Å². The SMILES string of the molecule is NN.O.O=C(O)O. The first-order valence-electron chi connectivity index (χ1n) is 0.985. The van der Waals surface area contributed by atoms with Crippen LogP contribution in [0.25, 0.3) is 0 Å². The fourth-order valence-corrected chi connectivity index (χ4v) is 0. The minimum atomic E-state index is -1.83. The van der Waals surface area contributed by atoms with E-state index >= 15 is 0 Å². The fraction of sp³-hybridized carbons (Fsp3) is 0. The molecule has 0 heterocycles. The van der Waals surface area contributed by atoms with Gasteiger partial charge in [-0.05, 0) is 0 Å². The van der Waals surface area contributed by atoms with E-state index in [9.17, 15) is 0 Å². The van der Waals surface area contributed by atoms with E-state index in [1.807, 2.05) is 0 Å². The van der Waals surface area contributed by atoms with Crippen molar-refractivity contribution in [3.63, 3.8) is 0 Å². The molecule has 0 rings (SSSR count). The van der Waals surface area contributed by atoms with Crippen LogP contribution in [-0.2, 0) is 0 Å². The van der Waals surface area contributed by atoms with Crippen LogP contribution in [0.15, 0.2) is 0 Å². The molecule has 0 aromatic rings. The lowest BCUT2D eigenvalue weighted by Crippen LogP contribution is -2.02. The van der Waals surface area contributed by atoms with E-state index in [4.69, 9.17) is 15.0 Å². The Labute approximate surface area is 39.6 Å². The normalized spacial score (nSPS) is 4.29. The van der Waals surface area contributed by atoms with Crippen molar-refractivity contribution in [2.24, 2.45) is 11.7 Å². The third kappa shape index (κ3) is 70.7. The number of nitrogens with two attached hydrogens (primary N) is 2. The zero-order chi connectivity index (χ0) is 5.58. The summed E-state index contributed by atoms with van der Waals surface area (Å²) in [6.07, 6.45) is -1.83. The molecular weight excluding hydrogens is 104 g/mol. The molecule has 0 amide bonds. The number of carboxylic acid groups (broad SMARTS) is 2. The molecule has 7 heavy (non-hydrogen) atoms.